The topological polar surface area (TPSA) is 84.4 Å². The standard InChI is InChI=1S/C20H30N4O3/c1-13-17(10-18(25)23-16-6-4-5-7-16)14(2)22-20(21-13)15-8-9-24(11-15)19(26)12-27-3/h15-16H,4-12H2,1-3H3,(H,23,25)/t15-/m1/s1. The van der Waals surface area contributed by atoms with Gasteiger partial charge in [0.1, 0.15) is 12.4 Å². The third kappa shape index (κ3) is 4.83. The van der Waals surface area contributed by atoms with Gasteiger partial charge in [-0.3, -0.25) is 9.59 Å². The molecule has 7 nitrogen and oxygen atoms in total. The second-order valence-electron chi connectivity index (χ2n) is 7.72. The van der Waals surface area contributed by atoms with Crippen molar-refractivity contribution in [3.63, 3.8) is 0 Å². The predicted molar refractivity (Wildman–Crippen MR) is 101 cm³/mol. The molecule has 1 N–H and O–H groups in total. The van der Waals surface area contributed by atoms with Crippen molar-refractivity contribution >= 4 is 11.8 Å². The highest BCUT2D eigenvalue weighted by Gasteiger charge is 2.30. The minimum absolute atomic E-state index is 0.00801. The second kappa shape index (κ2) is 8.78. The first-order valence-corrected chi connectivity index (χ1v) is 9.88. The Kier molecular flexibility index (Phi) is 6.42. The van der Waals surface area contributed by atoms with E-state index < -0.39 is 0 Å². The number of likely N-dealkylation sites (tertiary alicyclic amines) is 1. The van der Waals surface area contributed by atoms with Gasteiger partial charge in [-0.2, -0.15) is 0 Å². The van der Waals surface area contributed by atoms with Gasteiger partial charge < -0.3 is 15.0 Å². The molecule has 0 bridgehead atoms. The van der Waals surface area contributed by atoms with Crippen LogP contribution in [0.15, 0.2) is 0 Å². The molecule has 148 valence electrons. The lowest BCUT2D eigenvalue weighted by molar-refractivity contribution is -0.134. The summed E-state index contributed by atoms with van der Waals surface area (Å²) < 4.78 is 4.94. The van der Waals surface area contributed by atoms with Crippen molar-refractivity contribution in [2.45, 2.75) is 64.3 Å². The molecule has 2 aliphatic rings. The average molecular weight is 374 g/mol. The molecule has 1 saturated heterocycles. The number of aryl methyl sites for hydroxylation is 2. The van der Waals surface area contributed by atoms with Crippen LogP contribution >= 0.6 is 0 Å². The molecule has 1 aromatic rings. The van der Waals surface area contributed by atoms with Crippen LogP contribution in [0.3, 0.4) is 0 Å². The molecule has 0 spiro atoms. The summed E-state index contributed by atoms with van der Waals surface area (Å²) in [5.41, 5.74) is 2.64. The maximum atomic E-state index is 12.4. The number of methoxy groups -OCH3 is 1. The molecule has 1 aliphatic heterocycles. The highest BCUT2D eigenvalue weighted by molar-refractivity contribution is 5.79. The maximum Gasteiger partial charge on any atom is 0.248 e. The van der Waals surface area contributed by atoms with Crippen molar-refractivity contribution < 1.29 is 14.3 Å². The van der Waals surface area contributed by atoms with E-state index in [1.165, 1.54) is 20.0 Å². The molecule has 1 aromatic heterocycles. The van der Waals surface area contributed by atoms with Crippen LogP contribution in [0.5, 0.6) is 0 Å². The Hall–Kier alpha value is -2.02. The number of carbonyl (C=O) groups is 2. The van der Waals surface area contributed by atoms with Crippen molar-refractivity contribution in [1.82, 2.24) is 20.2 Å². The molecule has 2 amide bonds. The lowest BCUT2D eigenvalue weighted by atomic mass is 10.0. The molecule has 7 heteroatoms. The van der Waals surface area contributed by atoms with E-state index in [0.717, 1.165) is 42.0 Å². The van der Waals surface area contributed by atoms with Crippen LogP contribution in [-0.2, 0) is 20.7 Å². The number of amides is 2. The Labute approximate surface area is 160 Å². The van der Waals surface area contributed by atoms with E-state index in [4.69, 9.17) is 4.74 Å². The summed E-state index contributed by atoms with van der Waals surface area (Å²) in [5, 5.41) is 3.13. The van der Waals surface area contributed by atoms with Gasteiger partial charge in [-0.25, -0.2) is 9.97 Å². The number of hydrogen-bond acceptors (Lipinski definition) is 5. The van der Waals surface area contributed by atoms with E-state index in [1.807, 2.05) is 18.7 Å². The van der Waals surface area contributed by atoms with E-state index in [9.17, 15) is 9.59 Å². The number of hydrogen-bond donors (Lipinski definition) is 1. The van der Waals surface area contributed by atoms with Gasteiger partial charge in [-0.05, 0) is 33.1 Å². The highest BCUT2D eigenvalue weighted by Crippen LogP contribution is 2.26. The molecular formula is C20H30N4O3. The van der Waals surface area contributed by atoms with Gasteiger partial charge in [-0.1, -0.05) is 12.8 Å². The van der Waals surface area contributed by atoms with E-state index in [0.29, 0.717) is 25.6 Å². The number of carbonyl (C=O) groups excluding carboxylic acids is 2. The molecule has 0 radical (unpaired) electrons. The molecule has 1 aliphatic carbocycles. The van der Waals surface area contributed by atoms with Crippen LogP contribution < -0.4 is 5.32 Å². The van der Waals surface area contributed by atoms with Gasteiger partial charge in [-0.15, -0.1) is 0 Å². The third-order valence-corrected chi connectivity index (χ3v) is 5.67. The maximum absolute atomic E-state index is 12.4. The summed E-state index contributed by atoms with van der Waals surface area (Å²) in [6.45, 7) is 5.33. The molecule has 1 atom stereocenters. The SMILES string of the molecule is COCC(=O)N1CC[C@@H](c2nc(C)c(CC(=O)NC3CCCC3)c(C)n2)C1. The molecule has 2 heterocycles. The smallest absolute Gasteiger partial charge is 0.248 e. The van der Waals surface area contributed by atoms with E-state index in [2.05, 4.69) is 15.3 Å². The molecular weight excluding hydrogens is 344 g/mol. The first-order chi connectivity index (χ1) is 13.0. The van der Waals surface area contributed by atoms with Crippen LogP contribution in [0.4, 0.5) is 0 Å². The van der Waals surface area contributed by atoms with Crippen LogP contribution in [0, 0.1) is 13.8 Å². The summed E-state index contributed by atoms with van der Waals surface area (Å²) in [7, 11) is 1.53. The molecule has 0 aromatic carbocycles. The lowest BCUT2D eigenvalue weighted by Crippen LogP contribution is -2.34. The monoisotopic (exact) mass is 374 g/mol. The van der Waals surface area contributed by atoms with Crippen molar-refractivity contribution in [2.75, 3.05) is 26.8 Å². The van der Waals surface area contributed by atoms with Gasteiger partial charge in [0.05, 0.1) is 6.42 Å². The van der Waals surface area contributed by atoms with Gasteiger partial charge in [0.15, 0.2) is 0 Å². The zero-order valence-corrected chi connectivity index (χ0v) is 16.6. The minimum atomic E-state index is 0.00801. The zero-order chi connectivity index (χ0) is 19.4. The first-order valence-electron chi connectivity index (χ1n) is 9.88. The van der Waals surface area contributed by atoms with E-state index in [-0.39, 0.29) is 24.3 Å². The van der Waals surface area contributed by atoms with Crippen molar-refractivity contribution in [1.29, 1.82) is 0 Å². The van der Waals surface area contributed by atoms with Gasteiger partial charge in [0.25, 0.3) is 0 Å². The molecule has 0 unspecified atom stereocenters. The molecule has 2 fully saturated rings. The summed E-state index contributed by atoms with van der Waals surface area (Å²) in [6.07, 6.45) is 5.75. The quantitative estimate of drug-likeness (QED) is 0.819. The number of ether oxygens (including phenoxy) is 1. The third-order valence-electron chi connectivity index (χ3n) is 5.67. The Bertz CT molecular complexity index is 677. The molecule has 1 saturated carbocycles. The summed E-state index contributed by atoms with van der Waals surface area (Å²) >= 11 is 0. The largest absolute Gasteiger partial charge is 0.375 e. The fourth-order valence-corrected chi connectivity index (χ4v) is 4.13. The Morgan fingerprint density at radius 3 is 2.44 bits per heavy atom. The summed E-state index contributed by atoms with van der Waals surface area (Å²) in [5.74, 6) is 0.984. The van der Waals surface area contributed by atoms with Crippen LogP contribution in [0.2, 0.25) is 0 Å². The first kappa shape index (κ1) is 19.7. The van der Waals surface area contributed by atoms with Gasteiger partial charge in [0, 0.05) is 49.1 Å². The Morgan fingerprint density at radius 2 is 1.81 bits per heavy atom. The lowest BCUT2D eigenvalue weighted by Gasteiger charge is -2.17. The fraction of sp³-hybridized carbons (Fsp3) is 0.700. The average Bonchev–Trinajstić information content (AvgIpc) is 3.30. The van der Waals surface area contributed by atoms with E-state index in [1.54, 1.807) is 0 Å². The fourth-order valence-electron chi connectivity index (χ4n) is 4.13. The Morgan fingerprint density at radius 1 is 1.15 bits per heavy atom. The van der Waals surface area contributed by atoms with Crippen molar-refractivity contribution in [3.8, 4) is 0 Å². The normalized spacial score (nSPS) is 20.3. The van der Waals surface area contributed by atoms with Crippen molar-refractivity contribution in [2.24, 2.45) is 0 Å². The highest BCUT2D eigenvalue weighted by atomic mass is 16.5. The van der Waals surface area contributed by atoms with E-state index >= 15 is 0 Å². The van der Waals surface area contributed by atoms with Gasteiger partial charge in [0.2, 0.25) is 11.8 Å². The Balaban J connectivity index is 1.64. The van der Waals surface area contributed by atoms with Crippen LogP contribution in [-0.4, -0.2) is 59.5 Å². The second-order valence-corrected chi connectivity index (χ2v) is 7.72. The summed E-state index contributed by atoms with van der Waals surface area (Å²) in [4.78, 5) is 35.5. The predicted octanol–water partition coefficient (Wildman–Crippen LogP) is 1.66. The van der Waals surface area contributed by atoms with Crippen LogP contribution in [0.25, 0.3) is 0 Å². The van der Waals surface area contributed by atoms with Crippen molar-refractivity contribution in [3.05, 3.63) is 22.8 Å². The molecule has 27 heavy (non-hydrogen) atoms. The van der Waals surface area contributed by atoms with Crippen LogP contribution in [0.1, 0.15) is 60.8 Å². The minimum Gasteiger partial charge on any atom is -0.375 e. The number of rotatable bonds is 6. The van der Waals surface area contributed by atoms with Gasteiger partial charge >= 0.3 is 0 Å². The summed E-state index contributed by atoms with van der Waals surface area (Å²) in [6, 6.07) is 0.326. The number of aromatic nitrogens is 2. The number of nitrogens with zero attached hydrogens (tertiary/aromatic N) is 3. The molecule has 3 rings (SSSR count). The number of nitrogens with one attached hydrogen (secondary N) is 1. The zero-order valence-electron chi connectivity index (χ0n) is 16.6.